The van der Waals surface area contributed by atoms with Crippen molar-refractivity contribution in [1.82, 2.24) is 58.5 Å². The smallest absolute Gasteiger partial charge is 0.245 e. The fourth-order valence-corrected chi connectivity index (χ4v) is 9.06. The van der Waals surface area contributed by atoms with E-state index in [9.17, 15) is 63.0 Å². The molecule has 1 heterocycles. The van der Waals surface area contributed by atoms with Gasteiger partial charge in [0.05, 0.1) is 12.2 Å². The van der Waals surface area contributed by atoms with Gasteiger partial charge in [-0.15, -0.1) is 0 Å². The highest BCUT2D eigenvalue weighted by atomic mass is 19.1. The van der Waals surface area contributed by atoms with Gasteiger partial charge in [0.1, 0.15) is 66.2 Å². The van der Waals surface area contributed by atoms with Gasteiger partial charge in [0.2, 0.25) is 65.0 Å². The Balaban J connectivity index is 2.69. The minimum atomic E-state index is -1.72. The lowest BCUT2D eigenvalue weighted by atomic mass is 10.00. The van der Waals surface area contributed by atoms with Crippen LogP contribution in [-0.2, 0) is 59.2 Å². The van der Waals surface area contributed by atoms with E-state index in [4.69, 9.17) is 28.7 Å². The molecule has 2 rings (SSSR count). The Bertz CT molecular complexity index is 2350. The van der Waals surface area contributed by atoms with Gasteiger partial charge in [-0.2, -0.15) is 0 Å². The Morgan fingerprint density at radius 3 is 1.60 bits per heavy atom. The Hall–Kier alpha value is -6.96. The number of halogens is 1. The van der Waals surface area contributed by atoms with Crippen molar-refractivity contribution in [2.45, 2.75) is 197 Å². The predicted octanol–water partition coefficient (Wildman–Crippen LogP) is -5.35. The highest BCUT2D eigenvalue weighted by Crippen LogP contribution is 2.14. The van der Waals surface area contributed by atoms with Crippen molar-refractivity contribution >= 4 is 65.0 Å². The van der Waals surface area contributed by atoms with Crippen molar-refractivity contribution in [3.8, 4) is 0 Å². The molecule has 1 aromatic carbocycles. The maximum absolute atomic E-state index is 15.2. The minimum Gasteiger partial charge on any atom is -0.391 e. The molecular formula is C55H95FN16O13. The van der Waals surface area contributed by atoms with Crippen molar-refractivity contribution < 1.29 is 67.3 Å². The van der Waals surface area contributed by atoms with Crippen LogP contribution in [0.3, 0.4) is 0 Å². The number of hydrogen-bond donors (Lipinski definition) is 18. The third-order valence-electron chi connectivity index (χ3n) is 13.8. The molecule has 85 heavy (non-hydrogen) atoms. The summed E-state index contributed by atoms with van der Waals surface area (Å²) >= 11 is 0. The molecule has 29 nitrogen and oxygen atoms in total. The van der Waals surface area contributed by atoms with Crippen LogP contribution in [0.25, 0.3) is 0 Å². The number of rotatable bonds is 29. The zero-order valence-corrected chi connectivity index (χ0v) is 49.6. The predicted molar refractivity (Wildman–Crippen MR) is 312 cm³/mol. The molecule has 1 fully saturated rings. The van der Waals surface area contributed by atoms with Gasteiger partial charge in [0.25, 0.3) is 0 Å². The Kier molecular flexibility index (Phi) is 34.6. The van der Waals surface area contributed by atoms with Gasteiger partial charge in [-0.05, 0) is 115 Å². The van der Waals surface area contributed by atoms with E-state index in [2.05, 4.69) is 65.4 Å². The van der Waals surface area contributed by atoms with E-state index in [0.717, 1.165) is 31.7 Å². The summed E-state index contributed by atoms with van der Waals surface area (Å²) in [7, 11) is 0. The van der Waals surface area contributed by atoms with Crippen LogP contribution < -0.4 is 87.2 Å². The fourth-order valence-electron chi connectivity index (χ4n) is 9.06. The highest BCUT2D eigenvalue weighted by Gasteiger charge is 2.38. The molecule has 1 aromatic rings. The first-order valence-electron chi connectivity index (χ1n) is 29.3. The average molecular weight is 1210 g/mol. The number of amides is 11. The van der Waals surface area contributed by atoms with Gasteiger partial charge in [0.15, 0.2) is 0 Å². The van der Waals surface area contributed by atoms with E-state index < -0.39 is 163 Å². The van der Waals surface area contributed by atoms with Crippen molar-refractivity contribution in [3.05, 3.63) is 35.6 Å². The van der Waals surface area contributed by atoms with E-state index in [1.165, 1.54) is 32.0 Å². The number of aliphatic hydroxyl groups excluding tert-OH is 2. The lowest BCUT2D eigenvalue weighted by Crippen LogP contribution is -2.62. The molecule has 11 amide bonds. The maximum atomic E-state index is 15.2. The first kappa shape index (κ1) is 74.1. The molecule has 1 aliphatic rings. The van der Waals surface area contributed by atoms with E-state index >= 15 is 4.39 Å². The van der Waals surface area contributed by atoms with Crippen LogP contribution in [0, 0.1) is 11.7 Å². The van der Waals surface area contributed by atoms with E-state index in [-0.39, 0.29) is 89.2 Å². The van der Waals surface area contributed by atoms with Crippen molar-refractivity contribution in [1.29, 1.82) is 0 Å². The SMILES string of the molecule is CCCCCCCC(=O)N[C@@H](CCN)C(=O)N[C@H](C(=O)N[C@@H](CCN)C(=O)N[C@H]1CCNC(=O)[C@H]([C@@H](C)O)NC(=O)[C@H](CCN)NC(=O)[C@H](CCN)NC(=O)C(Cc2ccccc2F)NC(=O)[C@@H](CC(C)C)NC(=O)[C@@H](CCN)NC1=O)[C@H](C)O. The van der Waals surface area contributed by atoms with Crippen LogP contribution in [-0.4, -0.2) is 187 Å². The average Bonchev–Trinajstić information content (AvgIpc) is 3.67. The van der Waals surface area contributed by atoms with Gasteiger partial charge >= 0.3 is 0 Å². The molecule has 30 heteroatoms. The van der Waals surface area contributed by atoms with Crippen LogP contribution in [0.5, 0.6) is 0 Å². The minimum absolute atomic E-state index is 0.0173. The largest absolute Gasteiger partial charge is 0.391 e. The van der Waals surface area contributed by atoms with Crippen LogP contribution in [0.2, 0.25) is 0 Å². The number of aliphatic hydroxyl groups is 2. The number of carbonyl (C=O) groups is 11. The lowest BCUT2D eigenvalue weighted by Gasteiger charge is -2.29. The standard InChI is InChI=1S/C55H95FN16O13/c1-6-7-8-9-10-15-43(75)63-35(16-22-57)50(80)72-45(32(5)74)55(85)68-38(19-25-60)47(77)67-40-21-27-62-54(84)44(31(4)73)71-51(81)39(20-26-61)65-46(76)36(17-23-58)66-53(83)42(29-33-13-11-12-14-34(33)56)70-52(82)41(28-30(2)3)69-48(78)37(18-24-59)64-49(40)79/h11-14,30-32,35-42,44-45,73-74H,6-10,15-29,57-61H2,1-5H3,(H,62,84)(H,63,75)(H,64,79)(H,65,76)(H,66,83)(H,67,77)(H,68,85)(H,69,78)(H,70,82)(H,71,81)(H,72,80)/t31-,32+,35+,36+,37-,38+,39+,40+,41-,42?,44+,45+/m1/s1. The molecule has 23 N–H and O–H groups in total. The molecular weight excluding hydrogens is 1110 g/mol. The first-order valence-corrected chi connectivity index (χ1v) is 29.3. The molecule has 0 aromatic heterocycles. The zero-order valence-electron chi connectivity index (χ0n) is 49.6. The number of nitrogens with one attached hydrogen (secondary N) is 11. The Labute approximate surface area is 496 Å². The second-order valence-electron chi connectivity index (χ2n) is 21.6. The normalized spacial score (nSPS) is 22.5. The van der Waals surface area contributed by atoms with Crippen molar-refractivity contribution in [3.63, 3.8) is 0 Å². The van der Waals surface area contributed by atoms with E-state index in [0.29, 0.717) is 6.42 Å². The van der Waals surface area contributed by atoms with Crippen LogP contribution in [0.1, 0.15) is 124 Å². The molecule has 1 saturated heterocycles. The monoisotopic (exact) mass is 1210 g/mol. The zero-order chi connectivity index (χ0) is 63.8. The van der Waals surface area contributed by atoms with E-state index in [1.54, 1.807) is 13.8 Å². The molecule has 12 atom stereocenters. The van der Waals surface area contributed by atoms with Crippen molar-refractivity contribution in [2.75, 3.05) is 39.3 Å². The summed E-state index contributed by atoms with van der Waals surface area (Å²) in [6.07, 6.45) is -0.711. The van der Waals surface area contributed by atoms with Crippen LogP contribution in [0.15, 0.2) is 24.3 Å². The molecule has 0 spiro atoms. The quantitative estimate of drug-likeness (QED) is 0.0333. The second-order valence-corrected chi connectivity index (χ2v) is 21.6. The van der Waals surface area contributed by atoms with Crippen LogP contribution in [0.4, 0.5) is 4.39 Å². The summed E-state index contributed by atoms with van der Waals surface area (Å²) in [5.41, 5.74) is 29.2. The van der Waals surface area contributed by atoms with Gasteiger partial charge in [-0.3, -0.25) is 52.7 Å². The van der Waals surface area contributed by atoms with Gasteiger partial charge in [-0.1, -0.05) is 64.7 Å². The number of hydrogen-bond acceptors (Lipinski definition) is 18. The second kappa shape index (κ2) is 39.6. The number of unbranched alkanes of at least 4 members (excludes halogenated alkanes) is 4. The summed E-state index contributed by atoms with van der Waals surface area (Å²) in [5, 5.41) is 49.1. The Morgan fingerprint density at radius 1 is 0.588 bits per heavy atom. The maximum Gasteiger partial charge on any atom is 0.245 e. The highest BCUT2D eigenvalue weighted by molar-refractivity contribution is 5.99. The molecule has 480 valence electrons. The fraction of sp³-hybridized carbons (Fsp3) is 0.691. The third kappa shape index (κ3) is 26.5. The lowest BCUT2D eigenvalue weighted by molar-refractivity contribution is -0.137. The summed E-state index contributed by atoms with van der Waals surface area (Å²) in [6, 6.07) is -10.0. The van der Waals surface area contributed by atoms with Gasteiger partial charge in [0, 0.05) is 19.4 Å². The Morgan fingerprint density at radius 2 is 1.08 bits per heavy atom. The molecule has 0 saturated carbocycles. The third-order valence-corrected chi connectivity index (χ3v) is 13.8. The summed E-state index contributed by atoms with van der Waals surface area (Å²) < 4.78 is 15.2. The van der Waals surface area contributed by atoms with Crippen molar-refractivity contribution in [2.24, 2.45) is 34.6 Å². The molecule has 0 aliphatic carbocycles. The number of carbonyl (C=O) groups excluding carboxylic acids is 11. The van der Waals surface area contributed by atoms with E-state index in [1.807, 2.05) is 0 Å². The molecule has 0 radical (unpaired) electrons. The summed E-state index contributed by atoms with van der Waals surface area (Å²) in [5.74, 6) is -11.3. The summed E-state index contributed by atoms with van der Waals surface area (Å²) in [6.45, 7) is 6.54. The van der Waals surface area contributed by atoms with Crippen LogP contribution >= 0.6 is 0 Å². The molecule has 1 unspecified atom stereocenters. The number of benzene rings is 1. The summed E-state index contributed by atoms with van der Waals surface area (Å²) in [4.78, 5) is 153. The van der Waals surface area contributed by atoms with Gasteiger partial charge < -0.3 is 97.4 Å². The van der Waals surface area contributed by atoms with Gasteiger partial charge in [-0.25, -0.2) is 4.39 Å². The topological polar surface area (TPSA) is 491 Å². The number of nitrogens with two attached hydrogens (primary N) is 5. The molecule has 0 bridgehead atoms. The molecule has 1 aliphatic heterocycles. The first-order chi connectivity index (χ1) is 40.3.